The largest absolute Gasteiger partial charge is 0.353 e. The lowest BCUT2D eigenvalue weighted by atomic mass is 10.3. The molecule has 0 unspecified atom stereocenters. The maximum absolute atomic E-state index is 11.1. The van der Waals surface area contributed by atoms with Crippen molar-refractivity contribution >= 4 is 11.5 Å². The molecular weight excluding hydrogens is 222 g/mol. The highest BCUT2D eigenvalue weighted by Gasteiger charge is 2.27. The van der Waals surface area contributed by atoms with Crippen molar-refractivity contribution in [1.29, 1.82) is 5.26 Å². The molecule has 7 heteroatoms. The molecule has 0 spiro atoms. The van der Waals surface area contributed by atoms with E-state index in [4.69, 9.17) is 5.26 Å². The maximum Gasteiger partial charge on any atom is 0.334 e. The van der Waals surface area contributed by atoms with E-state index in [0.717, 1.165) is 0 Å². The Morgan fingerprint density at radius 2 is 2.29 bits per heavy atom. The molecule has 0 atom stereocenters. The van der Waals surface area contributed by atoms with Crippen LogP contribution in [0.5, 0.6) is 0 Å². The van der Waals surface area contributed by atoms with Gasteiger partial charge in [0.25, 0.3) is 0 Å². The summed E-state index contributed by atoms with van der Waals surface area (Å²) in [6.07, 6.45) is 0.830. The van der Waals surface area contributed by atoms with Crippen LogP contribution in [0, 0.1) is 21.4 Å². The third-order valence-corrected chi connectivity index (χ3v) is 2.50. The van der Waals surface area contributed by atoms with Crippen LogP contribution in [0.25, 0.3) is 0 Å². The molecule has 1 aromatic rings. The topological polar surface area (TPSA) is 88.0 Å². The summed E-state index contributed by atoms with van der Waals surface area (Å²) >= 11 is 0. The molecule has 0 aliphatic carbocycles. The zero-order valence-electron chi connectivity index (χ0n) is 10.2. The summed E-state index contributed by atoms with van der Waals surface area (Å²) in [7, 11) is 3.39. The molecule has 0 saturated heterocycles. The monoisotopic (exact) mass is 237 g/mol. The Hall–Kier alpha value is -2.10. The van der Waals surface area contributed by atoms with Gasteiger partial charge in [-0.3, -0.25) is 10.1 Å². The normalized spacial score (nSPS) is 10.0. The highest BCUT2D eigenvalue weighted by atomic mass is 16.6. The van der Waals surface area contributed by atoms with Gasteiger partial charge in [-0.25, -0.2) is 4.68 Å². The summed E-state index contributed by atoms with van der Waals surface area (Å²) in [6, 6.07) is 2.02. The van der Waals surface area contributed by atoms with Crippen molar-refractivity contribution in [3.63, 3.8) is 0 Å². The Morgan fingerprint density at radius 1 is 1.65 bits per heavy atom. The SMILES string of the molecule is CCc1nn(C)c(N(C)CCC#N)c1[N+](=O)[O-]. The van der Waals surface area contributed by atoms with Gasteiger partial charge in [0.05, 0.1) is 17.4 Å². The molecule has 0 fully saturated rings. The summed E-state index contributed by atoms with van der Waals surface area (Å²) < 4.78 is 1.49. The first-order valence-corrected chi connectivity index (χ1v) is 5.31. The maximum atomic E-state index is 11.1. The van der Waals surface area contributed by atoms with E-state index in [1.165, 1.54) is 4.68 Å². The quantitative estimate of drug-likeness (QED) is 0.568. The van der Waals surface area contributed by atoms with Crippen LogP contribution in [0.2, 0.25) is 0 Å². The van der Waals surface area contributed by atoms with Crippen molar-refractivity contribution in [3.8, 4) is 6.07 Å². The second-order valence-electron chi connectivity index (χ2n) is 3.68. The van der Waals surface area contributed by atoms with Crippen molar-refractivity contribution in [2.45, 2.75) is 19.8 Å². The molecule has 7 nitrogen and oxygen atoms in total. The minimum absolute atomic E-state index is 0.0374. The number of hydrogen-bond donors (Lipinski definition) is 0. The predicted molar refractivity (Wildman–Crippen MR) is 62.7 cm³/mol. The fourth-order valence-corrected chi connectivity index (χ4v) is 1.73. The number of nitro groups is 1. The van der Waals surface area contributed by atoms with Gasteiger partial charge in [0.2, 0.25) is 5.82 Å². The fraction of sp³-hybridized carbons (Fsp3) is 0.600. The molecule has 17 heavy (non-hydrogen) atoms. The second-order valence-corrected chi connectivity index (χ2v) is 3.68. The van der Waals surface area contributed by atoms with Crippen molar-refractivity contribution in [2.75, 3.05) is 18.5 Å². The van der Waals surface area contributed by atoms with E-state index in [-0.39, 0.29) is 5.69 Å². The van der Waals surface area contributed by atoms with Crippen LogP contribution in [-0.2, 0) is 13.5 Å². The molecule has 0 amide bonds. The Kier molecular flexibility index (Phi) is 4.04. The first-order valence-electron chi connectivity index (χ1n) is 5.31. The Labute approximate surface area is 99.4 Å². The van der Waals surface area contributed by atoms with Crippen LogP contribution in [-0.4, -0.2) is 28.3 Å². The smallest absolute Gasteiger partial charge is 0.334 e. The predicted octanol–water partition coefficient (Wildman–Crippen LogP) is 1.24. The standard InChI is InChI=1S/C10H15N5O2/c1-4-8-9(15(16)17)10(14(3)12-8)13(2)7-5-6-11/h4-5,7H2,1-3H3. The molecule has 92 valence electrons. The highest BCUT2D eigenvalue weighted by molar-refractivity contribution is 5.61. The summed E-state index contributed by atoms with van der Waals surface area (Å²) in [6.45, 7) is 2.27. The molecule has 1 heterocycles. The van der Waals surface area contributed by atoms with Crippen LogP contribution < -0.4 is 4.90 Å². The summed E-state index contributed by atoms with van der Waals surface area (Å²) in [5.41, 5.74) is 0.506. The molecule has 0 aliphatic rings. The lowest BCUT2D eigenvalue weighted by Crippen LogP contribution is -2.21. The fourth-order valence-electron chi connectivity index (χ4n) is 1.73. The van der Waals surface area contributed by atoms with Crippen molar-refractivity contribution in [1.82, 2.24) is 9.78 Å². The number of rotatable bonds is 5. The van der Waals surface area contributed by atoms with Gasteiger partial charge >= 0.3 is 5.69 Å². The third-order valence-electron chi connectivity index (χ3n) is 2.50. The molecule has 0 aliphatic heterocycles. The number of anilines is 1. The number of aromatic nitrogens is 2. The van der Waals surface area contributed by atoms with E-state index < -0.39 is 4.92 Å². The van der Waals surface area contributed by atoms with E-state index in [1.54, 1.807) is 19.0 Å². The number of aryl methyl sites for hydroxylation is 2. The van der Waals surface area contributed by atoms with E-state index in [9.17, 15) is 10.1 Å². The van der Waals surface area contributed by atoms with Crippen molar-refractivity contribution in [2.24, 2.45) is 7.05 Å². The molecule has 0 radical (unpaired) electrons. The lowest BCUT2D eigenvalue weighted by molar-refractivity contribution is -0.384. The average molecular weight is 237 g/mol. The molecular formula is C10H15N5O2. The first-order chi connectivity index (χ1) is 8.02. The van der Waals surface area contributed by atoms with Crippen LogP contribution in [0.1, 0.15) is 19.0 Å². The van der Waals surface area contributed by atoms with Gasteiger partial charge in [-0.15, -0.1) is 0 Å². The van der Waals surface area contributed by atoms with Gasteiger partial charge in [-0.2, -0.15) is 10.4 Å². The average Bonchev–Trinajstić information content (AvgIpc) is 2.63. The van der Waals surface area contributed by atoms with Gasteiger partial charge in [0.1, 0.15) is 5.69 Å². The molecule has 0 bridgehead atoms. The van der Waals surface area contributed by atoms with E-state index in [2.05, 4.69) is 5.10 Å². The van der Waals surface area contributed by atoms with E-state index in [0.29, 0.717) is 30.9 Å². The summed E-state index contributed by atoms with van der Waals surface area (Å²) in [5.74, 6) is 0.446. The Bertz CT molecular complexity index is 460. The zero-order valence-corrected chi connectivity index (χ0v) is 10.2. The first kappa shape index (κ1) is 13.0. The molecule has 0 aromatic carbocycles. The zero-order chi connectivity index (χ0) is 13.0. The lowest BCUT2D eigenvalue weighted by Gasteiger charge is -2.16. The van der Waals surface area contributed by atoms with Gasteiger partial charge in [-0.1, -0.05) is 6.92 Å². The number of hydrogen-bond acceptors (Lipinski definition) is 5. The number of nitrogens with zero attached hydrogens (tertiary/aromatic N) is 5. The molecule has 0 saturated carbocycles. The van der Waals surface area contributed by atoms with Crippen LogP contribution >= 0.6 is 0 Å². The summed E-state index contributed by atoms with van der Waals surface area (Å²) in [5, 5.41) is 23.7. The summed E-state index contributed by atoms with van der Waals surface area (Å²) in [4.78, 5) is 12.3. The van der Waals surface area contributed by atoms with Crippen molar-refractivity contribution in [3.05, 3.63) is 15.8 Å². The Balaban J connectivity index is 3.17. The third kappa shape index (κ3) is 2.53. The van der Waals surface area contributed by atoms with E-state index in [1.807, 2.05) is 13.0 Å². The van der Waals surface area contributed by atoms with Crippen LogP contribution in [0.3, 0.4) is 0 Å². The molecule has 1 rings (SSSR count). The molecule has 1 aromatic heterocycles. The van der Waals surface area contributed by atoms with Crippen LogP contribution in [0.4, 0.5) is 11.5 Å². The highest BCUT2D eigenvalue weighted by Crippen LogP contribution is 2.30. The minimum Gasteiger partial charge on any atom is -0.353 e. The number of nitriles is 1. The molecule has 0 N–H and O–H groups in total. The van der Waals surface area contributed by atoms with Crippen molar-refractivity contribution < 1.29 is 4.92 Å². The van der Waals surface area contributed by atoms with E-state index >= 15 is 0 Å². The van der Waals surface area contributed by atoms with Gasteiger partial charge in [-0.05, 0) is 6.42 Å². The second kappa shape index (κ2) is 5.30. The van der Waals surface area contributed by atoms with Crippen LogP contribution in [0.15, 0.2) is 0 Å². The van der Waals surface area contributed by atoms with Gasteiger partial charge in [0, 0.05) is 20.6 Å². The Morgan fingerprint density at radius 3 is 2.76 bits per heavy atom. The minimum atomic E-state index is -0.413. The van der Waals surface area contributed by atoms with Gasteiger partial charge < -0.3 is 4.90 Å². The van der Waals surface area contributed by atoms with Gasteiger partial charge in [0.15, 0.2) is 0 Å².